The molecule has 1 heterocycles. The third kappa shape index (κ3) is 3.84. The SMILES string of the molecule is O=C(C[n+]1cccc(O)c1)Nc1ccc(Cl)cc1Cl. The number of aromatic hydroxyl groups is 1. The number of hydrogen-bond acceptors (Lipinski definition) is 2. The van der Waals surface area contributed by atoms with E-state index < -0.39 is 0 Å². The van der Waals surface area contributed by atoms with Gasteiger partial charge in [-0.25, -0.2) is 0 Å². The first kappa shape index (κ1) is 13.6. The van der Waals surface area contributed by atoms with Crippen LogP contribution in [0.5, 0.6) is 5.75 Å². The standard InChI is InChI=1S/C13H10Cl2N2O2/c14-9-3-4-12(11(15)6-9)16-13(19)8-17-5-1-2-10(18)7-17/h1-7H,8H2,(H-,16,18,19)/p+1. The summed E-state index contributed by atoms with van der Waals surface area (Å²) in [5.74, 6) is -0.153. The van der Waals surface area contributed by atoms with E-state index in [9.17, 15) is 9.90 Å². The maximum absolute atomic E-state index is 11.8. The Morgan fingerprint density at radius 2 is 2.11 bits per heavy atom. The molecular formula is C13H11Cl2N2O2+. The van der Waals surface area contributed by atoms with Crippen LogP contribution in [0.4, 0.5) is 5.69 Å². The van der Waals surface area contributed by atoms with Crippen molar-refractivity contribution < 1.29 is 14.5 Å². The molecule has 4 nitrogen and oxygen atoms in total. The van der Waals surface area contributed by atoms with Crippen LogP contribution in [-0.4, -0.2) is 11.0 Å². The molecule has 0 aliphatic heterocycles. The summed E-state index contributed by atoms with van der Waals surface area (Å²) in [7, 11) is 0. The maximum atomic E-state index is 11.8. The number of nitrogens with one attached hydrogen (secondary N) is 1. The van der Waals surface area contributed by atoms with Gasteiger partial charge in [-0.1, -0.05) is 23.2 Å². The van der Waals surface area contributed by atoms with Gasteiger partial charge >= 0.3 is 0 Å². The van der Waals surface area contributed by atoms with Crippen LogP contribution in [0.1, 0.15) is 0 Å². The summed E-state index contributed by atoms with van der Waals surface area (Å²) in [6.45, 7) is 0.0767. The number of aromatic nitrogens is 1. The average Bonchev–Trinajstić information content (AvgIpc) is 2.33. The molecule has 0 radical (unpaired) electrons. The molecule has 19 heavy (non-hydrogen) atoms. The number of nitrogens with zero attached hydrogens (tertiary/aromatic N) is 1. The fourth-order valence-electron chi connectivity index (χ4n) is 1.55. The molecule has 0 bridgehead atoms. The van der Waals surface area contributed by atoms with Gasteiger partial charge < -0.3 is 10.4 Å². The van der Waals surface area contributed by atoms with Crippen LogP contribution in [0.2, 0.25) is 10.0 Å². The van der Waals surface area contributed by atoms with Crippen LogP contribution in [0.3, 0.4) is 0 Å². The van der Waals surface area contributed by atoms with Crippen molar-refractivity contribution in [3.05, 3.63) is 52.8 Å². The third-order valence-corrected chi connectivity index (χ3v) is 2.92. The molecule has 0 unspecified atom stereocenters. The number of amides is 1. The summed E-state index contributed by atoms with van der Waals surface area (Å²) in [5, 5.41) is 12.9. The summed E-state index contributed by atoms with van der Waals surface area (Å²) < 4.78 is 1.56. The van der Waals surface area contributed by atoms with Gasteiger partial charge in [0.2, 0.25) is 12.7 Å². The lowest BCUT2D eigenvalue weighted by atomic mass is 10.3. The van der Waals surface area contributed by atoms with Crippen LogP contribution >= 0.6 is 23.2 Å². The van der Waals surface area contributed by atoms with Gasteiger partial charge in [-0.2, -0.15) is 4.57 Å². The average molecular weight is 298 g/mol. The first-order valence-electron chi connectivity index (χ1n) is 5.47. The lowest BCUT2D eigenvalue weighted by Gasteiger charge is -2.05. The minimum Gasteiger partial charge on any atom is -0.503 e. The number of carbonyl (C=O) groups excluding carboxylic acids is 1. The molecule has 6 heteroatoms. The van der Waals surface area contributed by atoms with Crippen molar-refractivity contribution in [1.82, 2.24) is 0 Å². The Morgan fingerprint density at radius 3 is 2.79 bits per heavy atom. The van der Waals surface area contributed by atoms with Crippen LogP contribution in [-0.2, 0) is 11.3 Å². The number of anilines is 1. The fourth-order valence-corrected chi connectivity index (χ4v) is 2.01. The van der Waals surface area contributed by atoms with Crippen LogP contribution < -0.4 is 9.88 Å². The van der Waals surface area contributed by atoms with Gasteiger partial charge in [0.25, 0.3) is 5.91 Å². The van der Waals surface area contributed by atoms with Crippen molar-refractivity contribution in [2.45, 2.75) is 6.54 Å². The molecule has 1 aromatic carbocycles. The van der Waals surface area contributed by atoms with E-state index in [0.29, 0.717) is 15.7 Å². The Hall–Kier alpha value is -1.78. The molecule has 0 spiro atoms. The molecular weight excluding hydrogens is 287 g/mol. The van der Waals surface area contributed by atoms with E-state index in [1.165, 1.54) is 12.3 Å². The summed E-state index contributed by atoms with van der Waals surface area (Å²) in [5.41, 5.74) is 0.497. The first-order chi connectivity index (χ1) is 9.04. The summed E-state index contributed by atoms with van der Waals surface area (Å²) in [6.07, 6.45) is 3.14. The van der Waals surface area contributed by atoms with E-state index in [1.54, 1.807) is 35.0 Å². The zero-order valence-corrected chi connectivity index (χ0v) is 11.3. The van der Waals surface area contributed by atoms with E-state index in [4.69, 9.17) is 23.2 Å². The minimum atomic E-state index is -0.250. The Kier molecular flexibility index (Phi) is 4.24. The fraction of sp³-hybridized carbons (Fsp3) is 0.0769. The third-order valence-electron chi connectivity index (χ3n) is 2.37. The minimum absolute atomic E-state index is 0.0767. The number of carbonyl (C=O) groups is 1. The smallest absolute Gasteiger partial charge is 0.290 e. The van der Waals surface area contributed by atoms with Crippen LogP contribution in [0, 0.1) is 0 Å². The zero-order valence-electron chi connectivity index (χ0n) is 9.81. The van der Waals surface area contributed by atoms with Gasteiger partial charge in [-0.15, -0.1) is 0 Å². The lowest BCUT2D eigenvalue weighted by molar-refractivity contribution is -0.684. The predicted molar refractivity (Wildman–Crippen MR) is 73.4 cm³/mol. The van der Waals surface area contributed by atoms with Gasteiger partial charge in [0, 0.05) is 11.1 Å². The van der Waals surface area contributed by atoms with Crippen molar-refractivity contribution in [2.75, 3.05) is 5.32 Å². The monoisotopic (exact) mass is 297 g/mol. The van der Waals surface area contributed by atoms with E-state index in [0.717, 1.165) is 0 Å². The van der Waals surface area contributed by atoms with Gasteiger partial charge in [0.05, 0.1) is 10.7 Å². The van der Waals surface area contributed by atoms with Gasteiger partial charge in [-0.05, 0) is 24.3 Å². The predicted octanol–water partition coefficient (Wildman–Crippen LogP) is 2.63. The summed E-state index contributed by atoms with van der Waals surface area (Å²) >= 11 is 11.7. The number of halogens is 2. The number of benzene rings is 1. The molecule has 0 atom stereocenters. The summed E-state index contributed by atoms with van der Waals surface area (Å²) in [4.78, 5) is 11.8. The molecule has 0 aliphatic rings. The normalized spacial score (nSPS) is 10.2. The zero-order chi connectivity index (χ0) is 13.8. The van der Waals surface area contributed by atoms with Crippen LogP contribution in [0.25, 0.3) is 0 Å². The lowest BCUT2D eigenvalue weighted by Crippen LogP contribution is -2.39. The van der Waals surface area contributed by atoms with Crippen molar-refractivity contribution in [2.24, 2.45) is 0 Å². The molecule has 0 aliphatic carbocycles. The Balaban J connectivity index is 2.05. The maximum Gasteiger partial charge on any atom is 0.290 e. The molecule has 2 N–H and O–H groups in total. The largest absolute Gasteiger partial charge is 0.503 e. The van der Waals surface area contributed by atoms with Gasteiger partial charge in [0.15, 0.2) is 11.9 Å². The highest BCUT2D eigenvalue weighted by Gasteiger charge is 2.11. The van der Waals surface area contributed by atoms with E-state index in [-0.39, 0.29) is 18.2 Å². The van der Waals surface area contributed by atoms with Crippen molar-refractivity contribution in [1.29, 1.82) is 0 Å². The molecule has 1 amide bonds. The summed E-state index contributed by atoms with van der Waals surface area (Å²) in [6, 6.07) is 8.02. The second-order valence-electron chi connectivity index (χ2n) is 3.91. The Bertz CT molecular complexity index is 617. The highest BCUT2D eigenvalue weighted by molar-refractivity contribution is 6.36. The van der Waals surface area contributed by atoms with Gasteiger partial charge in [-0.3, -0.25) is 4.79 Å². The van der Waals surface area contributed by atoms with E-state index in [2.05, 4.69) is 5.32 Å². The van der Waals surface area contributed by atoms with E-state index in [1.807, 2.05) is 0 Å². The molecule has 2 rings (SSSR count). The number of hydrogen-bond donors (Lipinski definition) is 2. The second kappa shape index (κ2) is 5.91. The van der Waals surface area contributed by atoms with Crippen LogP contribution in [0.15, 0.2) is 42.7 Å². The topological polar surface area (TPSA) is 53.2 Å². The van der Waals surface area contributed by atoms with Crippen molar-refractivity contribution in [3.8, 4) is 5.75 Å². The van der Waals surface area contributed by atoms with Gasteiger partial charge in [0.1, 0.15) is 0 Å². The Morgan fingerprint density at radius 1 is 1.32 bits per heavy atom. The highest BCUT2D eigenvalue weighted by atomic mass is 35.5. The quantitative estimate of drug-likeness (QED) is 0.856. The van der Waals surface area contributed by atoms with Crippen molar-refractivity contribution >= 4 is 34.8 Å². The molecule has 0 saturated heterocycles. The Labute approximate surface area is 120 Å². The van der Waals surface area contributed by atoms with Crippen molar-refractivity contribution in [3.63, 3.8) is 0 Å². The second-order valence-corrected chi connectivity index (χ2v) is 4.75. The molecule has 2 aromatic rings. The number of pyridine rings is 1. The highest BCUT2D eigenvalue weighted by Crippen LogP contribution is 2.25. The molecule has 0 fully saturated rings. The molecule has 1 aromatic heterocycles. The molecule has 98 valence electrons. The molecule has 0 saturated carbocycles. The van der Waals surface area contributed by atoms with E-state index >= 15 is 0 Å². The number of rotatable bonds is 3. The first-order valence-corrected chi connectivity index (χ1v) is 6.23.